The van der Waals surface area contributed by atoms with Gasteiger partial charge in [0.1, 0.15) is 12.1 Å². The van der Waals surface area contributed by atoms with Crippen molar-refractivity contribution in [3.8, 4) is 0 Å². The van der Waals surface area contributed by atoms with Gasteiger partial charge in [-0.15, -0.1) is 6.58 Å². The SMILES string of the molecule is C=CCOC[C@H](CO)OP(=O)(O)OC1CCN[C@@H]1C(=O)O. The minimum absolute atomic E-state index is 0.123. The molecule has 1 aliphatic rings. The largest absolute Gasteiger partial charge is 0.480 e. The van der Waals surface area contributed by atoms with Crippen molar-refractivity contribution in [2.75, 3.05) is 26.4 Å². The second kappa shape index (κ2) is 8.60. The molecule has 1 aliphatic heterocycles. The topological polar surface area (TPSA) is 135 Å². The van der Waals surface area contributed by atoms with E-state index >= 15 is 0 Å². The number of nitrogens with one attached hydrogen (secondary N) is 1. The Bertz CT molecular complexity index is 404. The van der Waals surface area contributed by atoms with Crippen LogP contribution >= 0.6 is 7.82 Å². The standard InChI is InChI=1S/C11H20NO8P/c1-2-5-18-7-8(6-13)19-21(16,17)20-9-3-4-12-10(9)11(14)15/h2,8-10,12-13H,1,3-7H2,(H,14,15)(H,16,17)/t8-,9?,10-/m0/s1. The molecule has 0 aromatic carbocycles. The fourth-order valence-electron chi connectivity index (χ4n) is 1.82. The first-order valence-electron chi connectivity index (χ1n) is 6.35. The highest BCUT2D eigenvalue weighted by Gasteiger charge is 2.39. The summed E-state index contributed by atoms with van der Waals surface area (Å²) in [6.45, 7) is 3.32. The summed E-state index contributed by atoms with van der Waals surface area (Å²) in [5.41, 5.74) is 0. The molecule has 0 aromatic heterocycles. The number of carbonyl (C=O) groups is 1. The van der Waals surface area contributed by atoms with E-state index in [1.54, 1.807) is 0 Å². The Kier molecular flexibility index (Phi) is 7.47. The highest BCUT2D eigenvalue weighted by molar-refractivity contribution is 7.47. The molecular weight excluding hydrogens is 305 g/mol. The molecule has 0 bridgehead atoms. The third kappa shape index (κ3) is 6.23. The summed E-state index contributed by atoms with van der Waals surface area (Å²) in [6.07, 6.45) is -0.294. The second-order valence-corrected chi connectivity index (χ2v) is 5.77. The third-order valence-corrected chi connectivity index (χ3v) is 3.83. The lowest BCUT2D eigenvalue weighted by molar-refractivity contribution is -0.141. The van der Waals surface area contributed by atoms with E-state index in [9.17, 15) is 14.3 Å². The van der Waals surface area contributed by atoms with Crippen LogP contribution in [0.5, 0.6) is 0 Å². The van der Waals surface area contributed by atoms with Gasteiger partial charge in [0.2, 0.25) is 0 Å². The van der Waals surface area contributed by atoms with Gasteiger partial charge in [-0.25, -0.2) is 4.57 Å². The number of carboxylic acids is 1. The molecule has 2 unspecified atom stereocenters. The molecule has 1 saturated heterocycles. The number of aliphatic hydroxyl groups is 1. The molecule has 122 valence electrons. The molecule has 4 N–H and O–H groups in total. The van der Waals surface area contributed by atoms with Gasteiger partial charge in [0.15, 0.2) is 0 Å². The van der Waals surface area contributed by atoms with Crippen molar-refractivity contribution in [3.05, 3.63) is 12.7 Å². The predicted molar refractivity (Wildman–Crippen MR) is 71.7 cm³/mol. The van der Waals surface area contributed by atoms with E-state index in [4.69, 9.17) is 24.0 Å². The molecule has 0 aromatic rings. The number of phosphoric acid groups is 1. The average Bonchev–Trinajstić information content (AvgIpc) is 2.85. The van der Waals surface area contributed by atoms with Crippen molar-refractivity contribution in [3.63, 3.8) is 0 Å². The summed E-state index contributed by atoms with van der Waals surface area (Å²) in [7, 11) is -4.51. The van der Waals surface area contributed by atoms with Crippen LogP contribution in [-0.2, 0) is 23.1 Å². The monoisotopic (exact) mass is 325 g/mol. The molecule has 0 saturated carbocycles. The number of hydrogen-bond donors (Lipinski definition) is 4. The van der Waals surface area contributed by atoms with Gasteiger partial charge in [0.05, 0.1) is 25.9 Å². The van der Waals surface area contributed by atoms with Gasteiger partial charge in [-0.05, 0) is 13.0 Å². The van der Waals surface area contributed by atoms with Gasteiger partial charge in [-0.3, -0.25) is 13.8 Å². The van der Waals surface area contributed by atoms with Crippen molar-refractivity contribution in [1.82, 2.24) is 5.32 Å². The van der Waals surface area contributed by atoms with Crippen molar-refractivity contribution in [1.29, 1.82) is 0 Å². The molecule has 0 amide bonds. The number of aliphatic carboxylic acids is 1. The van der Waals surface area contributed by atoms with Crippen LogP contribution in [0.2, 0.25) is 0 Å². The Morgan fingerprint density at radius 2 is 2.29 bits per heavy atom. The van der Waals surface area contributed by atoms with E-state index < -0.39 is 38.6 Å². The zero-order valence-electron chi connectivity index (χ0n) is 11.4. The van der Waals surface area contributed by atoms with Gasteiger partial charge < -0.3 is 25.2 Å². The number of phosphoric ester groups is 1. The molecule has 1 rings (SSSR count). The first-order valence-corrected chi connectivity index (χ1v) is 7.84. The van der Waals surface area contributed by atoms with E-state index in [0.29, 0.717) is 6.54 Å². The Balaban J connectivity index is 2.53. The van der Waals surface area contributed by atoms with Crippen LogP contribution in [0.25, 0.3) is 0 Å². The first-order chi connectivity index (χ1) is 9.89. The zero-order valence-corrected chi connectivity index (χ0v) is 12.3. The van der Waals surface area contributed by atoms with E-state index in [0.717, 1.165) is 0 Å². The summed E-state index contributed by atoms with van der Waals surface area (Å²) in [5.74, 6) is -1.18. The maximum atomic E-state index is 11.8. The van der Waals surface area contributed by atoms with Crippen LogP contribution in [0.15, 0.2) is 12.7 Å². The Hall–Kier alpha value is -0.800. The van der Waals surface area contributed by atoms with Gasteiger partial charge in [-0.1, -0.05) is 6.08 Å². The lowest BCUT2D eigenvalue weighted by atomic mass is 10.2. The molecule has 0 aliphatic carbocycles. The highest BCUT2D eigenvalue weighted by atomic mass is 31.2. The molecule has 1 fully saturated rings. The molecular formula is C11H20NO8P. The lowest BCUT2D eigenvalue weighted by Crippen LogP contribution is -2.39. The summed E-state index contributed by atoms with van der Waals surface area (Å²) in [4.78, 5) is 20.6. The lowest BCUT2D eigenvalue weighted by Gasteiger charge is -2.23. The number of carboxylic acid groups (broad SMARTS) is 1. The number of rotatable bonds is 10. The van der Waals surface area contributed by atoms with Crippen LogP contribution in [0, 0.1) is 0 Å². The van der Waals surface area contributed by atoms with Gasteiger partial charge in [0, 0.05) is 0 Å². The van der Waals surface area contributed by atoms with Crippen molar-refractivity contribution >= 4 is 13.8 Å². The Labute approximate surface area is 122 Å². The number of ether oxygens (including phenoxy) is 1. The highest BCUT2D eigenvalue weighted by Crippen LogP contribution is 2.47. The second-order valence-electron chi connectivity index (χ2n) is 4.41. The van der Waals surface area contributed by atoms with Crippen molar-refractivity contribution < 1.29 is 38.3 Å². The molecule has 4 atom stereocenters. The normalized spacial score (nSPS) is 26.2. The van der Waals surface area contributed by atoms with Crippen LogP contribution < -0.4 is 5.32 Å². The quantitative estimate of drug-likeness (QED) is 0.238. The summed E-state index contributed by atoms with van der Waals surface area (Å²) < 4.78 is 26.5. The van der Waals surface area contributed by atoms with Crippen LogP contribution in [0.3, 0.4) is 0 Å². The molecule has 1 heterocycles. The zero-order chi connectivity index (χ0) is 15.9. The van der Waals surface area contributed by atoms with Crippen LogP contribution in [0.4, 0.5) is 0 Å². The van der Waals surface area contributed by atoms with Crippen LogP contribution in [0.1, 0.15) is 6.42 Å². The summed E-state index contributed by atoms with van der Waals surface area (Å²) in [5, 5.41) is 20.6. The van der Waals surface area contributed by atoms with Crippen molar-refractivity contribution in [2.45, 2.75) is 24.7 Å². The van der Waals surface area contributed by atoms with Crippen molar-refractivity contribution in [2.24, 2.45) is 0 Å². The number of hydrogen-bond acceptors (Lipinski definition) is 7. The van der Waals surface area contributed by atoms with Crippen LogP contribution in [-0.4, -0.2) is 65.7 Å². The molecule has 9 nitrogen and oxygen atoms in total. The molecule has 0 spiro atoms. The van der Waals surface area contributed by atoms with E-state index in [1.807, 2.05) is 0 Å². The molecule has 0 radical (unpaired) electrons. The third-order valence-electron chi connectivity index (χ3n) is 2.72. The fourth-order valence-corrected chi connectivity index (χ4v) is 2.95. The maximum absolute atomic E-state index is 11.8. The molecule has 21 heavy (non-hydrogen) atoms. The summed E-state index contributed by atoms with van der Waals surface area (Å²) >= 11 is 0. The summed E-state index contributed by atoms with van der Waals surface area (Å²) in [6, 6.07) is -1.07. The predicted octanol–water partition coefficient (Wildman–Crippen LogP) is -0.501. The Morgan fingerprint density at radius 3 is 2.86 bits per heavy atom. The van der Waals surface area contributed by atoms with E-state index in [1.165, 1.54) is 6.08 Å². The Morgan fingerprint density at radius 1 is 1.57 bits per heavy atom. The van der Waals surface area contributed by atoms with Gasteiger partial charge in [-0.2, -0.15) is 0 Å². The van der Waals surface area contributed by atoms with Gasteiger partial charge >= 0.3 is 13.8 Å². The number of aliphatic hydroxyl groups excluding tert-OH is 1. The van der Waals surface area contributed by atoms with Gasteiger partial charge in [0.25, 0.3) is 0 Å². The average molecular weight is 325 g/mol. The smallest absolute Gasteiger partial charge is 0.472 e. The van der Waals surface area contributed by atoms with E-state index in [2.05, 4.69) is 11.9 Å². The minimum atomic E-state index is -4.51. The maximum Gasteiger partial charge on any atom is 0.472 e. The molecule has 10 heteroatoms. The fraction of sp³-hybridized carbons (Fsp3) is 0.727. The first kappa shape index (κ1) is 18.2. The minimum Gasteiger partial charge on any atom is -0.480 e. The van der Waals surface area contributed by atoms with E-state index in [-0.39, 0.29) is 19.6 Å².